The molecule has 0 spiro atoms. The van der Waals surface area contributed by atoms with Gasteiger partial charge in [-0.1, -0.05) is 121 Å². The fourth-order valence-corrected chi connectivity index (χ4v) is 7.63. The second-order valence-electron chi connectivity index (χ2n) is 11.7. The fourth-order valence-electron chi connectivity index (χ4n) is 7.63. The van der Waals surface area contributed by atoms with Crippen LogP contribution in [0.2, 0.25) is 0 Å². The largest absolute Gasteiger partial charge is 0.309 e. The Kier molecular flexibility index (Phi) is 4.75. The monoisotopic (exact) mass is 558 g/mol. The van der Waals surface area contributed by atoms with Crippen LogP contribution in [-0.2, 0) is 0 Å². The van der Waals surface area contributed by atoms with Crippen LogP contribution in [0.15, 0.2) is 158 Å². The molecule has 0 N–H and O–H groups in total. The van der Waals surface area contributed by atoms with Crippen LogP contribution in [0.25, 0.3) is 87.3 Å². The minimum atomic E-state index is 1.17. The number of rotatable bonds is 2. The van der Waals surface area contributed by atoms with E-state index in [-0.39, 0.29) is 0 Å². The molecule has 0 saturated carbocycles. The maximum Gasteiger partial charge on any atom is 0.0648 e. The van der Waals surface area contributed by atoms with Gasteiger partial charge in [0, 0.05) is 38.3 Å². The Labute approximate surface area is 253 Å². The van der Waals surface area contributed by atoms with Crippen molar-refractivity contribution in [2.75, 3.05) is 0 Å². The van der Waals surface area contributed by atoms with E-state index in [0.29, 0.717) is 0 Å². The Morgan fingerprint density at radius 3 is 1.75 bits per heavy atom. The molecule has 44 heavy (non-hydrogen) atoms. The molecule has 204 valence electrons. The molecule has 0 bridgehead atoms. The Hall–Kier alpha value is -5.86. The fraction of sp³-hybridized carbons (Fsp3) is 0. The molecule has 0 amide bonds. The van der Waals surface area contributed by atoms with E-state index in [1.807, 2.05) is 0 Å². The summed E-state index contributed by atoms with van der Waals surface area (Å²) < 4.78 is 4.99. The van der Waals surface area contributed by atoms with Gasteiger partial charge in [0.15, 0.2) is 0 Å². The van der Waals surface area contributed by atoms with Crippen molar-refractivity contribution in [1.29, 1.82) is 0 Å². The van der Waals surface area contributed by atoms with Crippen molar-refractivity contribution in [1.82, 2.24) is 9.13 Å². The smallest absolute Gasteiger partial charge is 0.0648 e. The third-order valence-electron chi connectivity index (χ3n) is 9.43. The number of hydrogen-bond donors (Lipinski definition) is 0. The van der Waals surface area contributed by atoms with Gasteiger partial charge in [0.2, 0.25) is 0 Å². The minimum absolute atomic E-state index is 1.17. The van der Waals surface area contributed by atoms with Gasteiger partial charge in [-0.2, -0.15) is 0 Å². The molecule has 0 atom stereocenters. The zero-order chi connectivity index (χ0) is 28.8. The highest BCUT2D eigenvalue weighted by atomic mass is 15.0. The van der Waals surface area contributed by atoms with Crippen molar-refractivity contribution in [3.63, 3.8) is 0 Å². The Bertz CT molecular complexity index is 2760. The van der Waals surface area contributed by atoms with Crippen LogP contribution < -0.4 is 0 Å². The maximum absolute atomic E-state index is 2.50. The number of aromatic nitrogens is 2. The summed E-state index contributed by atoms with van der Waals surface area (Å²) in [6.45, 7) is 0. The lowest BCUT2D eigenvalue weighted by molar-refractivity contribution is 1.18. The van der Waals surface area contributed by atoms with Crippen molar-refractivity contribution < 1.29 is 0 Å². The highest BCUT2D eigenvalue weighted by Gasteiger charge is 2.25. The van der Waals surface area contributed by atoms with Crippen molar-refractivity contribution in [3.8, 4) is 11.4 Å². The van der Waals surface area contributed by atoms with Crippen LogP contribution in [-0.4, -0.2) is 9.13 Å². The lowest BCUT2D eigenvalue weighted by Gasteiger charge is -2.13. The molecule has 0 saturated heterocycles. The first-order chi connectivity index (χ1) is 21.9. The van der Waals surface area contributed by atoms with Crippen LogP contribution in [0.4, 0.5) is 0 Å². The van der Waals surface area contributed by atoms with Gasteiger partial charge in [0.25, 0.3) is 0 Å². The van der Waals surface area contributed by atoms with Crippen molar-refractivity contribution >= 4 is 75.9 Å². The molecule has 10 rings (SSSR count). The molecule has 8 aromatic carbocycles. The summed E-state index contributed by atoms with van der Waals surface area (Å²) in [5, 5.41) is 12.7. The van der Waals surface area contributed by atoms with Crippen molar-refractivity contribution in [3.05, 3.63) is 158 Å². The zero-order valence-electron chi connectivity index (χ0n) is 23.9. The van der Waals surface area contributed by atoms with Crippen LogP contribution in [0.3, 0.4) is 0 Å². The normalized spacial score (nSPS) is 12.1. The lowest BCUT2D eigenvalue weighted by atomic mass is 9.97. The molecule has 2 heteroatoms. The molecule has 2 aromatic heterocycles. The molecular weight excluding hydrogens is 532 g/mol. The summed E-state index contributed by atoms with van der Waals surface area (Å²) in [6.07, 6.45) is 0. The zero-order valence-corrected chi connectivity index (χ0v) is 23.9. The van der Waals surface area contributed by atoms with Gasteiger partial charge in [-0.3, -0.25) is 0 Å². The SMILES string of the molecule is c1ccc(-n2c3ccc4ccccc4c3c3c4ccccc4c4c(c5ccccc5n4-c4ccc5ccccc5c4)c32)cc1. The second-order valence-corrected chi connectivity index (χ2v) is 11.7. The van der Waals surface area contributed by atoms with E-state index in [1.54, 1.807) is 0 Å². The summed E-state index contributed by atoms with van der Waals surface area (Å²) >= 11 is 0. The Balaban J connectivity index is 1.54. The average molecular weight is 559 g/mol. The first kappa shape index (κ1) is 23.7. The van der Waals surface area contributed by atoms with Gasteiger partial charge in [-0.05, 0) is 63.3 Å². The maximum atomic E-state index is 2.50. The van der Waals surface area contributed by atoms with E-state index < -0.39 is 0 Å². The quantitative estimate of drug-likeness (QED) is 0.200. The van der Waals surface area contributed by atoms with Gasteiger partial charge in [0.05, 0.1) is 22.1 Å². The van der Waals surface area contributed by atoms with E-state index in [2.05, 4.69) is 167 Å². The summed E-state index contributed by atoms with van der Waals surface area (Å²) in [7, 11) is 0. The summed E-state index contributed by atoms with van der Waals surface area (Å²) in [4.78, 5) is 0. The predicted molar refractivity (Wildman–Crippen MR) is 188 cm³/mol. The van der Waals surface area contributed by atoms with E-state index in [1.165, 1.54) is 87.3 Å². The van der Waals surface area contributed by atoms with Crippen molar-refractivity contribution in [2.45, 2.75) is 0 Å². The van der Waals surface area contributed by atoms with Gasteiger partial charge in [-0.25, -0.2) is 0 Å². The highest BCUT2D eigenvalue weighted by molar-refractivity contribution is 6.39. The van der Waals surface area contributed by atoms with E-state index in [0.717, 1.165) is 0 Å². The molecule has 10 aromatic rings. The minimum Gasteiger partial charge on any atom is -0.309 e. The van der Waals surface area contributed by atoms with Gasteiger partial charge in [-0.15, -0.1) is 0 Å². The lowest BCUT2D eigenvalue weighted by Crippen LogP contribution is -1.96. The predicted octanol–water partition coefficient (Wildman–Crippen LogP) is 11.3. The summed E-state index contributed by atoms with van der Waals surface area (Å²) in [6, 6.07) is 57.7. The molecule has 0 fully saturated rings. The Morgan fingerprint density at radius 1 is 0.295 bits per heavy atom. The van der Waals surface area contributed by atoms with E-state index in [9.17, 15) is 0 Å². The number of fused-ring (bicyclic) bond motifs is 13. The molecule has 0 aliphatic heterocycles. The van der Waals surface area contributed by atoms with Gasteiger partial charge >= 0.3 is 0 Å². The third kappa shape index (κ3) is 3.09. The first-order valence-electron chi connectivity index (χ1n) is 15.2. The van der Waals surface area contributed by atoms with Crippen LogP contribution in [0.5, 0.6) is 0 Å². The standard InChI is InChI=1S/C42H26N2/c1-2-15-30(16-3-1)43-37-25-23-28-13-6-7-17-32(28)38(37)39-33-18-8-9-19-34(33)41-40(42(39)43)35-20-10-11-21-36(35)44(41)31-24-22-27-12-4-5-14-29(27)26-31/h1-26H. The van der Waals surface area contributed by atoms with Crippen LogP contribution in [0, 0.1) is 0 Å². The van der Waals surface area contributed by atoms with E-state index >= 15 is 0 Å². The number of nitrogens with zero attached hydrogens (tertiary/aromatic N) is 2. The van der Waals surface area contributed by atoms with Crippen LogP contribution >= 0.6 is 0 Å². The third-order valence-corrected chi connectivity index (χ3v) is 9.43. The van der Waals surface area contributed by atoms with E-state index in [4.69, 9.17) is 0 Å². The Morgan fingerprint density at radius 2 is 0.909 bits per heavy atom. The van der Waals surface area contributed by atoms with Crippen LogP contribution in [0.1, 0.15) is 0 Å². The molecule has 2 nitrogen and oxygen atoms in total. The molecule has 0 aliphatic carbocycles. The second kappa shape index (κ2) is 8.82. The highest BCUT2D eigenvalue weighted by Crippen LogP contribution is 2.48. The first-order valence-corrected chi connectivity index (χ1v) is 15.2. The van der Waals surface area contributed by atoms with Gasteiger partial charge in [0.1, 0.15) is 0 Å². The number of hydrogen-bond acceptors (Lipinski definition) is 0. The topological polar surface area (TPSA) is 9.86 Å². The van der Waals surface area contributed by atoms with Crippen molar-refractivity contribution in [2.24, 2.45) is 0 Å². The van der Waals surface area contributed by atoms with Gasteiger partial charge < -0.3 is 9.13 Å². The summed E-state index contributed by atoms with van der Waals surface area (Å²) in [5.41, 5.74) is 7.28. The summed E-state index contributed by atoms with van der Waals surface area (Å²) in [5.74, 6) is 0. The molecule has 0 radical (unpaired) electrons. The number of para-hydroxylation sites is 2. The average Bonchev–Trinajstić information content (AvgIpc) is 3.63. The molecular formula is C42H26N2. The molecule has 0 aliphatic rings. The molecule has 2 heterocycles. The molecule has 0 unspecified atom stereocenters. The number of benzene rings is 8.